The molecule has 0 saturated carbocycles. The number of H-pyrrole nitrogens is 1. The second kappa shape index (κ2) is 9.69. The Morgan fingerprint density at radius 2 is 1.94 bits per heavy atom. The first-order valence-corrected chi connectivity index (χ1v) is 11.5. The summed E-state index contributed by atoms with van der Waals surface area (Å²) in [5, 5.41) is 0.585. The SMILES string of the molecule is COc1ncc(-c2cc(C(=O)CCc3c(C)cc(C)[nH]c3=O)c(C)c(N(C)C(C)C)c2)s1. The molecule has 0 unspecified atom stereocenters. The molecule has 0 bridgehead atoms. The maximum atomic E-state index is 13.4. The highest BCUT2D eigenvalue weighted by Gasteiger charge is 2.20. The standard InChI is InChI=1S/C25H31N3O3S/c1-14(2)28(6)21-12-18(23-13-26-25(31-7)32-23)11-20(17(21)5)22(29)9-8-19-15(3)10-16(4)27-24(19)30/h10-14H,8-9H2,1-7H3,(H,27,30). The Morgan fingerprint density at radius 1 is 1.22 bits per heavy atom. The second-order valence-electron chi connectivity index (χ2n) is 8.43. The number of hydrogen-bond donors (Lipinski definition) is 1. The number of aryl methyl sites for hydroxylation is 2. The van der Waals surface area contributed by atoms with Gasteiger partial charge in [-0.25, -0.2) is 4.98 Å². The summed E-state index contributed by atoms with van der Waals surface area (Å²) in [4.78, 5) is 36.0. The van der Waals surface area contributed by atoms with E-state index >= 15 is 0 Å². The fraction of sp³-hybridized carbons (Fsp3) is 0.400. The van der Waals surface area contributed by atoms with Crippen LogP contribution in [0.3, 0.4) is 0 Å². The quantitative estimate of drug-likeness (QED) is 0.481. The van der Waals surface area contributed by atoms with Crippen LogP contribution in [0.4, 0.5) is 5.69 Å². The van der Waals surface area contributed by atoms with Crippen LogP contribution in [-0.2, 0) is 6.42 Å². The highest BCUT2D eigenvalue weighted by atomic mass is 32.1. The van der Waals surface area contributed by atoms with Crippen LogP contribution < -0.4 is 15.2 Å². The number of ether oxygens (including phenoxy) is 1. The summed E-state index contributed by atoms with van der Waals surface area (Å²) in [7, 11) is 3.63. The van der Waals surface area contributed by atoms with Gasteiger partial charge in [0.2, 0.25) is 0 Å². The number of ketones is 1. The Morgan fingerprint density at radius 3 is 2.53 bits per heavy atom. The van der Waals surface area contributed by atoms with Crippen molar-refractivity contribution in [2.45, 2.75) is 53.5 Å². The number of pyridine rings is 1. The predicted octanol–water partition coefficient (Wildman–Crippen LogP) is 5.09. The van der Waals surface area contributed by atoms with E-state index in [2.05, 4.69) is 34.8 Å². The maximum Gasteiger partial charge on any atom is 0.273 e. The van der Waals surface area contributed by atoms with E-state index in [0.717, 1.165) is 32.9 Å². The van der Waals surface area contributed by atoms with Gasteiger partial charge >= 0.3 is 0 Å². The van der Waals surface area contributed by atoms with Gasteiger partial charge in [-0.3, -0.25) is 9.59 Å². The van der Waals surface area contributed by atoms with Crippen LogP contribution in [0.5, 0.6) is 5.19 Å². The van der Waals surface area contributed by atoms with Crippen LogP contribution >= 0.6 is 11.3 Å². The van der Waals surface area contributed by atoms with E-state index in [1.54, 1.807) is 13.3 Å². The summed E-state index contributed by atoms with van der Waals surface area (Å²) < 4.78 is 5.25. The Hall–Kier alpha value is -2.93. The van der Waals surface area contributed by atoms with Crippen molar-refractivity contribution >= 4 is 22.8 Å². The largest absolute Gasteiger partial charge is 0.473 e. The fourth-order valence-electron chi connectivity index (χ4n) is 3.83. The molecule has 1 aromatic carbocycles. The smallest absolute Gasteiger partial charge is 0.273 e. The van der Waals surface area contributed by atoms with Gasteiger partial charge in [0.15, 0.2) is 5.78 Å². The van der Waals surface area contributed by atoms with Crippen LogP contribution in [0.1, 0.15) is 53.0 Å². The Balaban J connectivity index is 2.00. The minimum Gasteiger partial charge on any atom is -0.473 e. The third-order valence-electron chi connectivity index (χ3n) is 5.87. The third-order valence-corrected chi connectivity index (χ3v) is 6.88. The van der Waals surface area contributed by atoms with Gasteiger partial charge in [-0.1, -0.05) is 11.3 Å². The molecule has 0 radical (unpaired) electrons. The number of carbonyl (C=O) groups is 1. The molecule has 0 spiro atoms. The minimum absolute atomic E-state index is 0.0265. The van der Waals surface area contributed by atoms with Crippen molar-refractivity contribution in [3.63, 3.8) is 0 Å². The van der Waals surface area contributed by atoms with Crippen molar-refractivity contribution in [3.05, 3.63) is 62.7 Å². The number of methoxy groups -OCH3 is 1. The number of aromatic amines is 1. The van der Waals surface area contributed by atoms with Crippen molar-refractivity contribution < 1.29 is 9.53 Å². The number of Topliss-reactive ketones (excluding diaryl/α,β-unsaturated/α-hetero) is 1. The fourth-order valence-corrected chi connectivity index (χ4v) is 4.54. The molecule has 6 nitrogen and oxygen atoms in total. The molecule has 0 atom stereocenters. The van der Waals surface area contributed by atoms with Gasteiger partial charge in [-0.2, -0.15) is 0 Å². The van der Waals surface area contributed by atoms with E-state index in [1.165, 1.54) is 11.3 Å². The number of rotatable bonds is 8. The van der Waals surface area contributed by atoms with E-state index in [0.29, 0.717) is 22.7 Å². The molecular formula is C25H31N3O3S. The molecule has 3 rings (SSSR count). The topological polar surface area (TPSA) is 75.3 Å². The normalized spacial score (nSPS) is 11.1. The summed E-state index contributed by atoms with van der Waals surface area (Å²) in [6.45, 7) is 10.0. The monoisotopic (exact) mass is 453 g/mol. The van der Waals surface area contributed by atoms with E-state index in [1.807, 2.05) is 40.0 Å². The molecule has 0 saturated heterocycles. The summed E-state index contributed by atoms with van der Waals surface area (Å²) in [5.74, 6) is 0.0265. The van der Waals surface area contributed by atoms with Crippen LogP contribution in [-0.4, -0.2) is 36.0 Å². The van der Waals surface area contributed by atoms with Crippen LogP contribution in [0.15, 0.2) is 29.2 Å². The first-order valence-electron chi connectivity index (χ1n) is 10.7. The zero-order valence-corrected chi connectivity index (χ0v) is 20.6. The molecule has 0 aliphatic heterocycles. The molecule has 2 heterocycles. The molecule has 7 heteroatoms. The molecule has 0 aliphatic carbocycles. The molecule has 1 N–H and O–H groups in total. The molecular weight excluding hydrogens is 422 g/mol. The van der Waals surface area contributed by atoms with Crippen molar-refractivity contribution in [1.82, 2.24) is 9.97 Å². The summed E-state index contributed by atoms with van der Waals surface area (Å²) in [6, 6.07) is 6.26. The number of benzene rings is 1. The van der Waals surface area contributed by atoms with E-state index in [9.17, 15) is 9.59 Å². The average Bonchev–Trinajstić information content (AvgIpc) is 3.21. The Labute approximate surface area is 193 Å². The van der Waals surface area contributed by atoms with Gasteiger partial charge < -0.3 is 14.6 Å². The number of anilines is 1. The summed E-state index contributed by atoms with van der Waals surface area (Å²) >= 11 is 1.45. The lowest BCUT2D eigenvalue weighted by atomic mass is 9.94. The summed E-state index contributed by atoms with van der Waals surface area (Å²) in [6.07, 6.45) is 2.46. The van der Waals surface area contributed by atoms with Gasteiger partial charge in [0, 0.05) is 48.2 Å². The molecule has 2 aromatic heterocycles. The molecule has 0 aliphatic rings. The number of nitrogens with zero attached hydrogens (tertiary/aromatic N) is 2. The first-order chi connectivity index (χ1) is 15.1. The predicted molar refractivity (Wildman–Crippen MR) is 132 cm³/mol. The first kappa shape index (κ1) is 23.7. The second-order valence-corrected chi connectivity index (χ2v) is 9.43. The summed E-state index contributed by atoms with van der Waals surface area (Å²) in [5.41, 5.74) is 5.87. The van der Waals surface area contributed by atoms with Crippen LogP contribution in [0.25, 0.3) is 10.4 Å². The third kappa shape index (κ3) is 4.93. The van der Waals surface area contributed by atoms with Crippen LogP contribution in [0.2, 0.25) is 0 Å². The highest BCUT2D eigenvalue weighted by molar-refractivity contribution is 7.16. The van der Waals surface area contributed by atoms with Gasteiger partial charge in [0.05, 0.1) is 12.0 Å². The number of carbonyl (C=O) groups excluding carboxylic acids is 1. The van der Waals surface area contributed by atoms with Gasteiger partial charge in [-0.05, 0) is 75.9 Å². The van der Waals surface area contributed by atoms with Gasteiger partial charge in [0.25, 0.3) is 10.8 Å². The van der Waals surface area contributed by atoms with Crippen molar-refractivity contribution in [2.75, 3.05) is 19.1 Å². The number of hydrogen-bond acceptors (Lipinski definition) is 6. The molecule has 32 heavy (non-hydrogen) atoms. The number of nitrogens with one attached hydrogen (secondary N) is 1. The van der Waals surface area contributed by atoms with Gasteiger partial charge in [-0.15, -0.1) is 0 Å². The zero-order valence-electron chi connectivity index (χ0n) is 19.8. The average molecular weight is 454 g/mol. The van der Waals surface area contributed by atoms with Crippen molar-refractivity contribution in [1.29, 1.82) is 0 Å². The van der Waals surface area contributed by atoms with E-state index < -0.39 is 0 Å². The van der Waals surface area contributed by atoms with Crippen molar-refractivity contribution in [3.8, 4) is 15.6 Å². The Kier molecular flexibility index (Phi) is 7.19. The van der Waals surface area contributed by atoms with Crippen molar-refractivity contribution in [2.24, 2.45) is 0 Å². The number of thiazole rings is 1. The number of aromatic nitrogens is 2. The lowest BCUT2D eigenvalue weighted by Crippen LogP contribution is -2.27. The molecule has 170 valence electrons. The van der Waals surface area contributed by atoms with Crippen LogP contribution in [0, 0.1) is 20.8 Å². The zero-order chi connectivity index (χ0) is 23.6. The lowest BCUT2D eigenvalue weighted by molar-refractivity contribution is 0.0982. The lowest BCUT2D eigenvalue weighted by Gasteiger charge is -2.27. The van der Waals surface area contributed by atoms with E-state index in [-0.39, 0.29) is 23.8 Å². The maximum absolute atomic E-state index is 13.4. The minimum atomic E-state index is -0.113. The molecule has 0 amide bonds. The van der Waals surface area contributed by atoms with E-state index in [4.69, 9.17) is 4.74 Å². The highest BCUT2D eigenvalue weighted by Crippen LogP contribution is 2.36. The molecule has 0 fully saturated rings. The van der Waals surface area contributed by atoms with Gasteiger partial charge in [0.1, 0.15) is 0 Å². The Bertz CT molecular complexity index is 1190. The molecule has 3 aromatic rings.